The smallest absolute Gasteiger partial charge is 0.226 e. The van der Waals surface area contributed by atoms with E-state index in [0.717, 1.165) is 19.4 Å². The summed E-state index contributed by atoms with van der Waals surface area (Å²) >= 11 is 0. The van der Waals surface area contributed by atoms with Crippen LogP contribution in [0.2, 0.25) is 0 Å². The van der Waals surface area contributed by atoms with Crippen LogP contribution in [-0.4, -0.2) is 30.9 Å². The van der Waals surface area contributed by atoms with Gasteiger partial charge < -0.3 is 10.6 Å². The SMILES string of the molecule is CC(C)CC(CN)C(=O)N(C)CCc1ccccc1. The van der Waals surface area contributed by atoms with Crippen molar-refractivity contribution in [2.45, 2.75) is 26.7 Å². The molecule has 0 fully saturated rings. The van der Waals surface area contributed by atoms with Gasteiger partial charge in [-0.05, 0) is 24.3 Å². The third-order valence-corrected chi connectivity index (χ3v) is 3.34. The number of hydrogen-bond donors (Lipinski definition) is 1. The Morgan fingerprint density at radius 3 is 2.42 bits per heavy atom. The summed E-state index contributed by atoms with van der Waals surface area (Å²) in [6.45, 7) is 5.43. The molecule has 0 heterocycles. The Bertz CT molecular complexity index is 376. The molecule has 0 aliphatic carbocycles. The van der Waals surface area contributed by atoms with Crippen molar-refractivity contribution in [3.8, 4) is 0 Å². The minimum Gasteiger partial charge on any atom is -0.345 e. The molecule has 0 saturated heterocycles. The molecular formula is C16H26N2O. The van der Waals surface area contributed by atoms with Crippen molar-refractivity contribution in [2.24, 2.45) is 17.6 Å². The lowest BCUT2D eigenvalue weighted by molar-refractivity contribution is -0.134. The van der Waals surface area contributed by atoms with Gasteiger partial charge in [0.25, 0.3) is 0 Å². The van der Waals surface area contributed by atoms with Crippen LogP contribution in [0.1, 0.15) is 25.8 Å². The number of rotatable bonds is 7. The third kappa shape index (κ3) is 5.43. The highest BCUT2D eigenvalue weighted by Gasteiger charge is 2.21. The Morgan fingerprint density at radius 2 is 1.89 bits per heavy atom. The van der Waals surface area contributed by atoms with Crippen molar-refractivity contribution >= 4 is 5.91 Å². The van der Waals surface area contributed by atoms with Crippen molar-refractivity contribution < 1.29 is 4.79 Å². The Balaban J connectivity index is 2.47. The normalized spacial score (nSPS) is 12.5. The van der Waals surface area contributed by atoms with Gasteiger partial charge in [-0.1, -0.05) is 44.2 Å². The van der Waals surface area contributed by atoms with Crippen LogP contribution in [0.25, 0.3) is 0 Å². The fourth-order valence-corrected chi connectivity index (χ4v) is 2.23. The monoisotopic (exact) mass is 262 g/mol. The quantitative estimate of drug-likeness (QED) is 0.819. The van der Waals surface area contributed by atoms with Crippen LogP contribution in [0.3, 0.4) is 0 Å². The molecule has 3 nitrogen and oxygen atoms in total. The molecule has 2 N–H and O–H groups in total. The molecule has 1 unspecified atom stereocenters. The zero-order chi connectivity index (χ0) is 14.3. The molecule has 1 atom stereocenters. The summed E-state index contributed by atoms with van der Waals surface area (Å²) in [4.78, 5) is 14.1. The number of nitrogens with two attached hydrogens (primary N) is 1. The molecule has 0 bridgehead atoms. The van der Waals surface area contributed by atoms with Gasteiger partial charge >= 0.3 is 0 Å². The summed E-state index contributed by atoms with van der Waals surface area (Å²) in [5.41, 5.74) is 6.98. The first-order valence-electron chi connectivity index (χ1n) is 7.03. The molecule has 106 valence electrons. The van der Waals surface area contributed by atoms with E-state index in [2.05, 4.69) is 26.0 Å². The molecule has 0 aromatic heterocycles. The van der Waals surface area contributed by atoms with Crippen molar-refractivity contribution in [1.29, 1.82) is 0 Å². The third-order valence-electron chi connectivity index (χ3n) is 3.34. The number of benzene rings is 1. The maximum absolute atomic E-state index is 12.3. The van der Waals surface area contributed by atoms with Crippen LogP contribution >= 0.6 is 0 Å². The number of nitrogens with zero attached hydrogens (tertiary/aromatic N) is 1. The fourth-order valence-electron chi connectivity index (χ4n) is 2.23. The first-order chi connectivity index (χ1) is 9.04. The molecule has 19 heavy (non-hydrogen) atoms. The van der Waals surface area contributed by atoms with Crippen molar-refractivity contribution in [3.63, 3.8) is 0 Å². The first kappa shape index (κ1) is 15.7. The zero-order valence-corrected chi connectivity index (χ0v) is 12.3. The maximum atomic E-state index is 12.3. The summed E-state index contributed by atoms with van der Waals surface area (Å²) in [5.74, 6) is 0.632. The van der Waals surface area contributed by atoms with Gasteiger partial charge in [0, 0.05) is 20.1 Å². The second-order valence-electron chi connectivity index (χ2n) is 5.56. The Morgan fingerprint density at radius 1 is 1.26 bits per heavy atom. The average molecular weight is 262 g/mol. The van der Waals surface area contributed by atoms with Crippen LogP contribution in [0.15, 0.2) is 30.3 Å². The van der Waals surface area contributed by atoms with Crippen LogP contribution in [0.4, 0.5) is 0 Å². The summed E-state index contributed by atoms with van der Waals surface area (Å²) in [6, 6.07) is 10.2. The van der Waals surface area contributed by atoms with E-state index in [1.165, 1.54) is 5.56 Å². The topological polar surface area (TPSA) is 46.3 Å². The number of carbonyl (C=O) groups is 1. The van der Waals surface area contributed by atoms with Gasteiger partial charge in [0.05, 0.1) is 5.92 Å². The Hall–Kier alpha value is -1.35. The molecule has 1 aromatic rings. The van der Waals surface area contributed by atoms with E-state index in [-0.39, 0.29) is 11.8 Å². The number of carbonyl (C=O) groups excluding carboxylic acids is 1. The Labute approximate surface area is 116 Å². The van der Waals surface area contributed by atoms with Gasteiger partial charge in [0.2, 0.25) is 5.91 Å². The van der Waals surface area contributed by atoms with Crippen molar-refractivity contribution in [2.75, 3.05) is 20.1 Å². The summed E-state index contributed by atoms with van der Waals surface area (Å²) in [7, 11) is 1.87. The van der Waals surface area contributed by atoms with E-state index in [1.54, 1.807) is 0 Å². The number of amides is 1. The second-order valence-corrected chi connectivity index (χ2v) is 5.56. The molecule has 0 aliphatic rings. The minimum atomic E-state index is -0.0410. The molecule has 0 aliphatic heterocycles. The predicted octanol–water partition coefficient (Wildman–Crippen LogP) is 2.31. The molecule has 1 aromatic carbocycles. The van der Waals surface area contributed by atoms with Crippen LogP contribution in [0.5, 0.6) is 0 Å². The van der Waals surface area contributed by atoms with Crippen molar-refractivity contribution in [1.82, 2.24) is 4.90 Å². The predicted molar refractivity (Wildman–Crippen MR) is 79.8 cm³/mol. The lowest BCUT2D eigenvalue weighted by atomic mass is 9.96. The Kier molecular flexibility index (Phi) is 6.57. The molecule has 0 radical (unpaired) electrons. The number of likely N-dealkylation sites (N-methyl/N-ethyl adjacent to an activating group) is 1. The van der Waals surface area contributed by atoms with Crippen LogP contribution in [0, 0.1) is 11.8 Å². The highest BCUT2D eigenvalue weighted by molar-refractivity contribution is 5.78. The fraction of sp³-hybridized carbons (Fsp3) is 0.562. The second kappa shape index (κ2) is 7.95. The van der Waals surface area contributed by atoms with E-state index >= 15 is 0 Å². The summed E-state index contributed by atoms with van der Waals surface area (Å²) in [5, 5.41) is 0. The van der Waals surface area contributed by atoms with Gasteiger partial charge in [-0.25, -0.2) is 0 Å². The van der Waals surface area contributed by atoms with Gasteiger partial charge in [-0.2, -0.15) is 0 Å². The average Bonchev–Trinajstić information content (AvgIpc) is 2.42. The van der Waals surface area contributed by atoms with E-state index in [9.17, 15) is 4.79 Å². The van der Waals surface area contributed by atoms with E-state index < -0.39 is 0 Å². The van der Waals surface area contributed by atoms with Gasteiger partial charge in [-0.3, -0.25) is 4.79 Å². The molecule has 0 spiro atoms. The molecule has 0 saturated carbocycles. The standard InChI is InChI=1S/C16H26N2O/c1-13(2)11-15(12-17)16(19)18(3)10-9-14-7-5-4-6-8-14/h4-8,13,15H,9-12,17H2,1-3H3. The van der Waals surface area contributed by atoms with Crippen molar-refractivity contribution in [3.05, 3.63) is 35.9 Å². The van der Waals surface area contributed by atoms with E-state index in [4.69, 9.17) is 5.73 Å². The van der Waals surface area contributed by atoms with E-state index in [0.29, 0.717) is 12.5 Å². The largest absolute Gasteiger partial charge is 0.345 e. The first-order valence-corrected chi connectivity index (χ1v) is 7.03. The summed E-state index contributed by atoms with van der Waals surface area (Å²) in [6.07, 6.45) is 1.76. The van der Waals surface area contributed by atoms with Crippen LogP contribution < -0.4 is 5.73 Å². The zero-order valence-electron chi connectivity index (χ0n) is 12.3. The highest BCUT2D eigenvalue weighted by atomic mass is 16.2. The summed E-state index contributed by atoms with van der Waals surface area (Å²) < 4.78 is 0. The molecule has 1 amide bonds. The molecule has 1 rings (SSSR count). The molecular weight excluding hydrogens is 236 g/mol. The lowest BCUT2D eigenvalue weighted by Crippen LogP contribution is -2.38. The van der Waals surface area contributed by atoms with Crippen LogP contribution in [-0.2, 0) is 11.2 Å². The van der Waals surface area contributed by atoms with Gasteiger partial charge in [-0.15, -0.1) is 0 Å². The van der Waals surface area contributed by atoms with Gasteiger partial charge in [0.1, 0.15) is 0 Å². The van der Waals surface area contributed by atoms with E-state index in [1.807, 2.05) is 30.1 Å². The van der Waals surface area contributed by atoms with Gasteiger partial charge in [0.15, 0.2) is 0 Å². The minimum absolute atomic E-state index is 0.0410. The highest BCUT2D eigenvalue weighted by Crippen LogP contribution is 2.13. The lowest BCUT2D eigenvalue weighted by Gasteiger charge is -2.24. The molecule has 3 heteroatoms. The number of hydrogen-bond acceptors (Lipinski definition) is 2. The maximum Gasteiger partial charge on any atom is 0.226 e.